The van der Waals surface area contributed by atoms with Crippen molar-refractivity contribution < 1.29 is 20.1 Å². The lowest BCUT2D eigenvalue weighted by molar-refractivity contribution is -0.177. The van der Waals surface area contributed by atoms with Gasteiger partial charge in [-0.1, -0.05) is 30.3 Å². The molecule has 2 rings (SSSR count). The Bertz CT molecular complexity index is 548. The van der Waals surface area contributed by atoms with Crippen molar-refractivity contribution in [1.82, 2.24) is 0 Å². The lowest BCUT2D eigenvalue weighted by Gasteiger charge is -2.40. The average molecular weight is 330 g/mol. The molecule has 0 aromatic heterocycles. The summed E-state index contributed by atoms with van der Waals surface area (Å²) in [7, 11) is 0. The van der Waals surface area contributed by atoms with E-state index < -0.39 is 29.7 Å². The molecule has 0 amide bonds. The van der Waals surface area contributed by atoms with Gasteiger partial charge in [0.1, 0.15) is 17.6 Å². The summed E-state index contributed by atoms with van der Waals surface area (Å²) in [5.41, 5.74) is -0.259. The molecule has 0 saturated carbocycles. The number of rotatable bonds is 3. The topological polar surface area (TPSA) is 93.7 Å². The summed E-state index contributed by atoms with van der Waals surface area (Å²) < 4.78 is 5.53. The van der Waals surface area contributed by atoms with Crippen molar-refractivity contribution in [3.05, 3.63) is 28.8 Å². The molecule has 1 fully saturated rings. The van der Waals surface area contributed by atoms with Gasteiger partial charge in [0, 0.05) is 15.8 Å². The number of nitriles is 1. The number of ether oxygens (including phenoxy) is 1. The molecule has 0 radical (unpaired) electrons. The zero-order valence-electron chi connectivity index (χ0n) is 11.3. The number of halogens is 1. The smallest absolute Gasteiger partial charge is 0.134 e. The largest absolute Gasteiger partial charge is 0.394 e. The molecule has 1 heterocycles. The van der Waals surface area contributed by atoms with Crippen LogP contribution in [0, 0.1) is 17.2 Å². The molecular weight excluding hydrogens is 314 g/mol. The van der Waals surface area contributed by atoms with E-state index in [1.807, 2.05) is 0 Å². The highest BCUT2D eigenvalue weighted by Crippen LogP contribution is 2.37. The number of hydrogen-bond acceptors (Lipinski definition) is 6. The summed E-state index contributed by atoms with van der Waals surface area (Å²) in [6, 6.07) is 6.90. The van der Waals surface area contributed by atoms with Crippen molar-refractivity contribution in [2.75, 3.05) is 6.61 Å². The summed E-state index contributed by atoms with van der Waals surface area (Å²) in [5.74, 6) is -0.446. The molecule has 1 aromatic carbocycles. The maximum Gasteiger partial charge on any atom is 0.134 e. The van der Waals surface area contributed by atoms with Gasteiger partial charge < -0.3 is 20.1 Å². The Morgan fingerprint density at radius 3 is 2.71 bits per heavy atom. The fourth-order valence-electron chi connectivity index (χ4n) is 2.18. The number of aliphatic hydroxyl groups excluding tert-OH is 3. The van der Waals surface area contributed by atoms with Crippen molar-refractivity contribution in [1.29, 1.82) is 5.26 Å². The van der Waals surface area contributed by atoms with E-state index in [1.165, 1.54) is 0 Å². The standard InChI is InChI=1S/C14H16ClNO4S/c1-7-12(18)10(6-17)20-14(13(7)19)21-11-4-9(15)3-2-8(11)5-16/h2-4,7,10,12-14,17-19H,6H2,1H3/t7?,10?,12-,13?,14-/m1/s1. The molecule has 3 N–H and O–H groups in total. The van der Waals surface area contributed by atoms with Crippen LogP contribution in [0.2, 0.25) is 5.02 Å². The Balaban J connectivity index is 2.22. The van der Waals surface area contributed by atoms with Gasteiger partial charge in [-0.15, -0.1) is 0 Å². The van der Waals surface area contributed by atoms with E-state index in [1.54, 1.807) is 25.1 Å². The maximum absolute atomic E-state index is 10.2. The second-order valence-electron chi connectivity index (χ2n) is 4.94. The van der Waals surface area contributed by atoms with Gasteiger partial charge in [0.05, 0.1) is 24.4 Å². The Kier molecular flexibility index (Phi) is 5.49. The minimum absolute atomic E-state index is 0.337. The van der Waals surface area contributed by atoms with Gasteiger partial charge in [-0.2, -0.15) is 5.26 Å². The first-order chi connectivity index (χ1) is 9.97. The van der Waals surface area contributed by atoms with E-state index in [0.717, 1.165) is 11.8 Å². The van der Waals surface area contributed by atoms with Crippen LogP contribution in [0.15, 0.2) is 23.1 Å². The third kappa shape index (κ3) is 3.51. The second-order valence-corrected chi connectivity index (χ2v) is 6.51. The van der Waals surface area contributed by atoms with Crippen LogP contribution >= 0.6 is 23.4 Å². The average Bonchev–Trinajstić information content (AvgIpc) is 2.48. The first-order valence-corrected chi connectivity index (χ1v) is 7.72. The highest BCUT2D eigenvalue weighted by molar-refractivity contribution is 7.99. The quantitative estimate of drug-likeness (QED) is 0.775. The first-order valence-electron chi connectivity index (χ1n) is 6.46. The zero-order valence-corrected chi connectivity index (χ0v) is 12.9. The molecule has 1 aliphatic heterocycles. The molecule has 7 heteroatoms. The van der Waals surface area contributed by atoms with E-state index in [0.29, 0.717) is 15.5 Å². The zero-order chi connectivity index (χ0) is 15.6. The number of nitrogens with zero attached hydrogens (tertiary/aromatic N) is 1. The van der Waals surface area contributed by atoms with Gasteiger partial charge in [0.2, 0.25) is 0 Å². The fraction of sp³-hybridized carbons (Fsp3) is 0.500. The molecule has 114 valence electrons. The molecule has 5 nitrogen and oxygen atoms in total. The van der Waals surface area contributed by atoms with Crippen LogP contribution in [0.1, 0.15) is 12.5 Å². The third-order valence-electron chi connectivity index (χ3n) is 3.53. The maximum atomic E-state index is 10.2. The molecule has 3 unspecified atom stereocenters. The first kappa shape index (κ1) is 16.6. The Hall–Kier alpha value is -0.810. The van der Waals surface area contributed by atoms with Crippen molar-refractivity contribution >= 4 is 23.4 Å². The van der Waals surface area contributed by atoms with Crippen molar-refractivity contribution in [2.45, 2.75) is 35.6 Å². The van der Waals surface area contributed by atoms with E-state index in [4.69, 9.17) is 21.6 Å². The fourth-order valence-corrected chi connectivity index (χ4v) is 3.69. The molecule has 5 atom stereocenters. The minimum atomic E-state index is -0.934. The summed E-state index contributed by atoms with van der Waals surface area (Å²) in [4.78, 5) is 0.592. The molecule has 0 bridgehead atoms. The lowest BCUT2D eigenvalue weighted by Crippen LogP contribution is -2.53. The van der Waals surface area contributed by atoms with Crippen molar-refractivity contribution in [2.24, 2.45) is 5.92 Å². The number of thioether (sulfide) groups is 1. The second kappa shape index (κ2) is 6.97. The van der Waals surface area contributed by atoms with Crippen LogP contribution in [0.3, 0.4) is 0 Å². The summed E-state index contributed by atoms with van der Waals surface area (Å²) in [6.07, 6.45) is -2.61. The van der Waals surface area contributed by atoms with Gasteiger partial charge in [-0.25, -0.2) is 0 Å². The van der Waals surface area contributed by atoms with E-state index in [-0.39, 0.29) is 6.61 Å². The highest BCUT2D eigenvalue weighted by atomic mass is 35.5. The molecule has 0 aliphatic carbocycles. The minimum Gasteiger partial charge on any atom is -0.394 e. The Morgan fingerprint density at radius 2 is 2.10 bits per heavy atom. The van der Waals surface area contributed by atoms with Gasteiger partial charge in [-0.05, 0) is 18.2 Å². The molecule has 1 aliphatic rings. The summed E-state index contributed by atoms with van der Waals surface area (Å²) in [6.45, 7) is 1.35. The van der Waals surface area contributed by atoms with Gasteiger partial charge in [0.15, 0.2) is 0 Å². The van der Waals surface area contributed by atoms with Gasteiger partial charge >= 0.3 is 0 Å². The number of hydrogen-bond donors (Lipinski definition) is 3. The van der Waals surface area contributed by atoms with Gasteiger partial charge in [-0.3, -0.25) is 0 Å². The predicted molar refractivity (Wildman–Crippen MR) is 78.9 cm³/mol. The SMILES string of the molecule is CC1C(O)[C@@H](Sc2cc(Cl)ccc2C#N)OC(CO)[C@@H]1O. The van der Waals surface area contributed by atoms with Crippen LogP contribution in [0.5, 0.6) is 0 Å². The molecule has 1 aromatic rings. The van der Waals surface area contributed by atoms with Crippen LogP contribution in [0.4, 0.5) is 0 Å². The molecule has 0 spiro atoms. The monoisotopic (exact) mass is 329 g/mol. The molecule has 1 saturated heterocycles. The van der Waals surface area contributed by atoms with Crippen LogP contribution in [-0.4, -0.2) is 45.7 Å². The Labute approximate surface area is 132 Å². The van der Waals surface area contributed by atoms with E-state index in [2.05, 4.69) is 6.07 Å². The van der Waals surface area contributed by atoms with E-state index in [9.17, 15) is 15.3 Å². The highest BCUT2D eigenvalue weighted by Gasteiger charge is 2.42. The summed E-state index contributed by atoms with van der Waals surface area (Å²) >= 11 is 7.09. The predicted octanol–water partition coefficient (Wildman–Crippen LogP) is 1.38. The Morgan fingerprint density at radius 1 is 1.38 bits per heavy atom. The lowest BCUT2D eigenvalue weighted by atomic mass is 9.92. The van der Waals surface area contributed by atoms with Crippen molar-refractivity contribution in [3.63, 3.8) is 0 Å². The molecule has 21 heavy (non-hydrogen) atoms. The summed E-state index contributed by atoms with van der Waals surface area (Å²) in [5, 5.41) is 39.0. The van der Waals surface area contributed by atoms with E-state index >= 15 is 0 Å². The normalized spacial score (nSPS) is 32.7. The van der Waals surface area contributed by atoms with Crippen LogP contribution in [0.25, 0.3) is 0 Å². The third-order valence-corrected chi connectivity index (χ3v) is 4.98. The van der Waals surface area contributed by atoms with Crippen LogP contribution in [-0.2, 0) is 4.74 Å². The van der Waals surface area contributed by atoms with Crippen LogP contribution < -0.4 is 0 Å². The van der Waals surface area contributed by atoms with Crippen molar-refractivity contribution in [3.8, 4) is 6.07 Å². The number of benzene rings is 1. The molecular formula is C14H16ClNO4S. The van der Waals surface area contributed by atoms with Gasteiger partial charge in [0.25, 0.3) is 0 Å². The number of aliphatic hydroxyl groups is 3.